The van der Waals surface area contributed by atoms with Crippen LogP contribution in [-0.2, 0) is 0 Å². The molecule has 0 bridgehead atoms. The molecule has 0 radical (unpaired) electrons. The molecule has 1 aliphatic carbocycles. The minimum atomic E-state index is 1.09. The lowest BCUT2D eigenvalue weighted by atomic mass is 10.2. The monoisotopic (exact) mass is 195 g/mol. The van der Waals surface area contributed by atoms with Crippen molar-refractivity contribution in [3.63, 3.8) is 0 Å². The van der Waals surface area contributed by atoms with E-state index in [1.807, 2.05) is 13.8 Å². The highest BCUT2D eigenvalue weighted by Crippen LogP contribution is 2.04. The fourth-order valence-electron chi connectivity index (χ4n) is 0.998. The van der Waals surface area contributed by atoms with Gasteiger partial charge < -0.3 is 5.73 Å². The maximum Gasteiger partial charge on any atom is -0.0163 e. The Balaban J connectivity index is 0. The fourth-order valence-corrected chi connectivity index (χ4v) is 0.998. The summed E-state index contributed by atoms with van der Waals surface area (Å²) < 4.78 is 0. The molecule has 0 saturated carbocycles. The Kier molecular flexibility index (Phi) is 16.4. The molecule has 0 unspecified atom stereocenters. The van der Waals surface area contributed by atoms with Crippen molar-refractivity contribution >= 4 is 0 Å². The van der Waals surface area contributed by atoms with Crippen molar-refractivity contribution in [2.45, 2.75) is 40.0 Å². The topological polar surface area (TPSA) is 26.0 Å². The molecule has 14 heavy (non-hydrogen) atoms. The summed E-state index contributed by atoms with van der Waals surface area (Å²) in [6.45, 7) is 6.15. The molecule has 0 spiro atoms. The van der Waals surface area contributed by atoms with Crippen molar-refractivity contribution < 1.29 is 0 Å². The number of hydrogen-bond acceptors (Lipinski definition) is 1. The van der Waals surface area contributed by atoms with Crippen molar-refractivity contribution in [1.82, 2.24) is 0 Å². The Morgan fingerprint density at radius 3 is 2.21 bits per heavy atom. The van der Waals surface area contributed by atoms with Gasteiger partial charge in [-0.1, -0.05) is 49.8 Å². The van der Waals surface area contributed by atoms with Crippen LogP contribution in [0.4, 0.5) is 0 Å². The van der Waals surface area contributed by atoms with Gasteiger partial charge in [-0.05, 0) is 33.2 Å². The highest BCUT2D eigenvalue weighted by atomic mass is 14.4. The van der Waals surface area contributed by atoms with Crippen LogP contribution in [0.2, 0.25) is 0 Å². The van der Waals surface area contributed by atoms with E-state index >= 15 is 0 Å². The van der Waals surface area contributed by atoms with Crippen LogP contribution in [0.5, 0.6) is 0 Å². The molecular weight excluding hydrogens is 170 g/mol. The second-order valence-electron chi connectivity index (χ2n) is 2.63. The summed E-state index contributed by atoms with van der Waals surface area (Å²) in [5.41, 5.74) is 5.88. The molecule has 0 aromatic rings. The van der Waals surface area contributed by atoms with E-state index in [-0.39, 0.29) is 0 Å². The molecule has 0 atom stereocenters. The van der Waals surface area contributed by atoms with Crippen LogP contribution in [0.25, 0.3) is 0 Å². The van der Waals surface area contributed by atoms with Gasteiger partial charge in [0.1, 0.15) is 0 Å². The Morgan fingerprint density at radius 1 is 1.00 bits per heavy atom. The third-order valence-electron chi connectivity index (χ3n) is 1.62. The third kappa shape index (κ3) is 11.2. The lowest BCUT2D eigenvalue weighted by molar-refractivity contribution is 1.05. The first-order valence-corrected chi connectivity index (χ1v) is 5.45. The van der Waals surface area contributed by atoms with Gasteiger partial charge in [-0.25, -0.2) is 0 Å². The predicted molar refractivity (Wildman–Crippen MR) is 67.3 cm³/mol. The molecule has 1 rings (SSSR count). The third-order valence-corrected chi connectivity index (χ3v) is 1.62. The van der Waals surface area contributed by atoms with E-state index in [4.69, 9.17) is 0 Å². The van der Waals surface area contributed by atoms with Crippen LogP contribution >= 0.6 is 0 Å². The maximum atomic E-state index is 4.50. The van der Waals surface area contributed by atoms with Crippen LogP contribution in [-0.4, -0.2) is 7.05 Å². The van der Waals surface area contributed by atoms with Crippen LogP contribution < -0.4 is 5.73 Å². The molecule has 0 fully saturated rings. The lowest BCUT2D eigenvalue weighted by Gasteiger charge is -1.86. The zero-order valence-corrected chi connectivity index (χ0v) is 10.1. The van der Waals surface area contributed by atoms with Gasteiger partial charge in [-0.15, -0.1) is 0 Å². The SMILES string of the molecule is CC.CC1=C/C/C=C/CC\C=C\1.CN. The molecule has 0 saturated heterocycles. The minimum Gasteiger partial charge on any atom is -0.333 e. The van der Waals surface area contributed by atoms with E-state index < -0.39 is 0 Å². The standard InChI is InChI=1S/C10H14.C2H6.CH5N/c1-10-8-6-4-2-3-5-7-9-10;2*1-2/h2,4,7-9H,3,5-6H2,1H3;1-2H3;2H2,1H3/b4-2+,9-7+,10-8-;;. The Labute approximate surface area is 89.4 Å². The highest BCUT2D eigenvalue weighted by molar-refractivity contribution is 5.17. The molecule has 0 heterocycles. The molecule has 1 aliphatic rings. The first kappa shape index (κ1) is 15.6. The number of hydrogen-bond donors (Lipinski definition) is 1. The average molecular weight is 195 g/mol. The molecule has 1 heteroatoms. The summed E-state index contributed by atoms with van der Waals surface area (Å²) in [4.78, 5) is 0. The second-order valence-corrected chi connectivity index (χ2v) is 2.63. The molecule has 82 valence electrons. The van der Waals surface area contributed by atoms with E-state index in [0.29, 0.717) is 0 Å². The van der Waals surface area contributed by atoms with Gasteiger partial charge >= 0.3 is 0 Å². The highest BCUT2D eigenvalue weighted by Gasteiger charge is 1.83. The largest absolute Gasteiger partial charge is 0.333 e. The molecule has 0 amide bonds. The molecule has 0 aromatic heterocycles. The Bertz CT molecular complexity index is 176. The van der Waals surface area contributed by atoms with Gasteiger partial charge in [-0.2, -0.15) is 0 Å². The maximum absolute atomic E-state index is 4.50. The zero-order chi connectivity index (χ0) is 11.2. The van der Waals surface area contributed by atoms with E-state index in [1.165, 1.54) is 25.5 Å². The molecule has 2 N–H and O–H groups in total. The van der Waals surface area contributed by atoms with E-state index in [2.05, 4.69) is 43.0 Å². The van der Waals surface area contributed by atoms with Gasteiger partial charge in [0, 0.05) is 0 Å². The van der Waals surface area contributed by atoms with Gasteiger partial charge in [-0.3, -0.25) is 0 Å². The predicted octanol–water partition coefficient (Wildman–Crippen LogP) is 3.83. The normalized spacial score (nSPS) is 22.8. The van der Waals surface area contributed by atoms with Crippen LogP contribution in [0.15, 0.2) is 36.0 Å². The summed E-state index contributed by atoms with van der Waals surface area (Å²) in [5, 5.41) is 0. The summed E-state index contributed by atoms with van der Waals surface area (Å²) >= 11 is 0. The molecule has 1 nitrogen and oxygen atoms in total. The first-order valence-electron chi connectivity index (χ1n) is 5.45. The smallest absolute Gasteiger partial charge is 0.0163 e. The quantitative estimate of drug-likeness (QED) is 0.584. The first-order chi connectivity index (χ1) is 6.89. The van der Waals surface area contributed by atoms with Crippen molar-refractivity contribution in [2.24, 2.45) is 5.73 Å². The summed E-state index contributed by atoms with van der Waals surface area (Å²) in [5.74, 6) is 0. The molecule has 0 aliphatic heterocycles. The van der Waals surface area contributed by atoms with Crippen LogP contribution in [0.1, 0.15) is 40.0 Å². The van der Waals surface area contributed by atoms with E-state index in [0.717, 1.165) is 6.42 Å². The summed E-state index contributed by atoms with van der Waals surface area (Å²) in [6.07, 6.45) is 14.6. The average Bonchev–Trinajstić information content (AvgIpc) is 2.38. The van der Waals surface area contributed by atoms with Gasteiger partial charge in [0.05, 0.1) is 0 Å². The van der Waals surface area contributed by atoms with Crippen LogP contribution in [0.3, 0.4) is 0 Å². The second kappa shape index (κ2) is 14.7. The molecular formula is C13H25N. The lowest BCUT2D eigenvalue weighted by Crippen LogP contribution is -1.69. The Hall–Kier alpha value is -0.820. The van der Waals surface area contributed by atoms with Crippen molar-refractivity contribution in [3.05, 3.63) is 36.0 Å². The fraction of sp³-hybridized carbons (Fsp3) is 0.538. The number of allylic oxidation sites excluding steroid dienone is 6. The van der Waals surface area contributed by atoms with Crippen molar-refractivity contribution in [3.8, 4) is 0 Å². The number of nitrogens with two attached hydrogens (primary N) is 1. The number of rotatable bonds is 0. The van der Waals surface area contributed by atoms with Gasteiger partial charge in [0.15, 0.2) is 0 Å². The van der Waals surface area contributed by atoms with E-state index in [9.17, 15) is 0 Å². The van der Waals surface area contributed by atoms with E-state index in [1.54, 1.807) is 0 Å². The zero-order valence-electron chi connectivity index (χ0n) is 10.1. The summed E-state index contributed by atoms with van der Waals surface area (Å²) in [7, 11) is 1.50. The van der Waals surface area contributed by atoms with Gasteiger partial charge in [0.25, 0.3) is 0 Å². The van der Waals surface area contributed by atoms with Crippen LogP contribution in [0, 0.1) is 0 Å². The van der Waals surface area contributed by atoms with Crippen molar-refractivity contribution in [1.29, 1.82) is 0 Å². The van der Waals surface area contributed by atoms with Crippen molar-refractivity contribution in [2.75, 3.05) is 7.05 Å². The van der Waals surface area contributed by atoms with Gasteiger partial charge in [0.2, 0.25) is 0 Å². The molecule has 0 aromatic carbocycles. The minimum absolute atomic E-state index is 1.09. The summed E-state index contributed by atoms with van der Waals surface area (Å²) in [6, 6.07) is 0. The Morgan fingerprint density at radius 2 is 1.57 bits per heavy atom.